The lowest BCUT2D eigenvalue weighted by Gasteiger charge is -2.44. The van der Waals surface area contributed by atoms with Gasteiger partial charge in [-0.1, -0.05) is 60.7 Å². The molecule has 2 aromatic rings. The van der Waals surface area contributed by atoms with E-state index in [0.29, 0.717) is 13.2 Å². The summed E-state index contributed by atoms with van der Waals surface area (Å²) in [6.07, 6.45) is 0. The second kappa shape index (κ2) is 9.37. The van der Waals surface area contributed by atoms with Crippen molar-refractivity contribution in [3.8, 4) is 0 Å². The Morgan fingerprint density at radius 3 is 2.18 bits per heavy atom. The van der Waals surface area contributed by atoms with Gasteiger partial charge in [-0.25, -0.2) is 0 Å². The molecule has 0 aromatic heterocycles. The van der Waals surface area contributed by atoms with Crippen molar-refractivity contribution >= 4 is 11.9 Å². The summed E-state index contributed by atoms with van der Waals surface area (Å²) in [5.41, 5.74) is 2.30. The third kappa shape index (κ3) is 4.51. The average molecular weight is 381 g/mol. The van der Waals surface area contributed by atoms with Gasteiger partial charge in [-0.3, -0.25) is 10.2 Å². The summed E-state index contributed by atoms with van der Waals surface area (Å²) in [5.74, 6) is -0.0134. The summed E-state index contributed by atoms with van der Waals surface area (Å²) in [5, 5.41) is 8.44. The number of hydrogen-bond donors (Lipinski definition) is 1. The summed E-state index contributed by atoms with van der Waals surface area (Å²) in [6.45, 7) is 1.33. The molecule has 1 aliphatic rings. The van der Waals surface area contributed by atoms with Crippen molar-refractivity contribution in [2.75, 3.05) is 40.5 Å². The molecule has 6 heteroatoms. The maximum atomic E-state index is 12.4. The van der Waals surface area contributed by atoms with Crippen LogP contribution < -0.4 is 0 Å². The van der Waals surface area contributed by atoms with Gasteiger partial charge in [0.25, 0.3) is 6.02 Å². The van der Waals surface area contributed by atoms with Crippen molar-refractivity contribution in [2.45, 2.75) is 12.0 Å². The topological polar surface area (TPSA) is 65.9 Å². The first kappa shape index (κ1) is 19.9. The van der Waals surface area contributed by atoms with Crippen molar-refractivity contribution in [2.24, 2.45) is 0 Å². The van der Waals surface area contributed by atoms with E-state index < -0.39 is 0 Å². The Balaban J connectivity index is 1.97. The van der Waals surface area contributed by atoms with Crippen LogP contribution in [0.1, 0.15) is 17.0 Å². The second-order valence-corrected chi connectivity index (χ2v) is 6.91. The Bertz CT molecular complexity index is 743. The summed E-state index contributed by atoms with van der Waals surface area (Å²) in [7, 11) is 3.41. The predicted molar refractivity (Wildman–Crippen MR) is 108 cm³/mol. The Morgan fingerprint density at radius 1 is 1.07 bits per heavy atom. The molecule has 0 unspecified atom stereocenters. The van der Waals surface area contributed by atoms with Crippen LogP contribution in [0, 0.1) is 5.41 Å². The van der Waals surface area contributed by atoms with Crippen molar-refractivity contribution in [1.29, 1.82) is 5.41 Å². The standard InChI is InChI=1S/C22H27N3O3/c1-24-15-19(25(16-20(24)26)22(23)28-14-13-27-2)21(17-9-5-3-6-10-17)18-11-7-4-8-12-18/h3-12,19,21,23H,13-16H2,1-2H3/t19-/m1/s1. The fourth-order valence-corrected chi connectivity index (χ4v) is 3.63. The number of rotatable bonds is 6. The number of benzene rings is 2. The molecule has 1 atom stereocenters. The zero-order valence-corrected chi connectivity index (χ0v) is 16.4. The van der Waals surface area contributed by atoms with E-state index in [4.69, 9.17) is 14.9 Å². The normalized spacial score (nSPS) is 17.1. The molecule has 1 aliphatic heterocycles. The number of ether oxygens (including phenoxy) is 2. The van der Waals surface area contributed by atoms with Gasteiger partial charge < -0.3 is 19.3 Å². The first-order chi connectivity index (χ1) is 13.6. The number of amides is 1. The molecule has 6 nitrogen and oxygen atoms in total. The molecule has 0 saturated carbocycles. The van der Waals surface area contributed by atoms with Gasteiger partial charge in [-0.15, -0.1) is 0 Å². The van der Waals surface area contributed by atoms with E-state index in [1.165, 1.54) is 0 Å². The molecule has 148 valence electrons. The smallest absolute Gasteiger partial charge is 0.285 e. The number of nitrogens with zero attached hydrogens (tertiary/aromatic N) is 2. The van der Waals surface area contributed by atoms with Gasteiger partial charge in [0.1, 0.15) is 13.2 Å². The number of amidine groups is 1. The number of methoxy groups -OCH3 is 1. The molecule has 3 rings (SSSR count). The lowest BCUT2D eigenvalue weighted by Crippen LogP contribution is -2.59. The zero-order chi connectivity index (χ0) is 19.9. The lowest BCUT2D eigenvalue weighted by atomic mass is 9.83. The summed E-state index contributed by atoms with van der Waals surface area (Å²) in [6, 6.07) is 20.4. The Morgan fingerprint density at radius 2 is 1.64 bits per heavy atom. The summed E-state index contributed by atoms with van der Waals surface area (Å²) < 4.78 is 10.6. The van der Waals surface area contributed by atoms with Crippen LogP contribution in [-0.4, -0.2) is 68.2 Å². The second-order valence-electron chi connectivity index (χ2n) is 6.91. The first-order valence-electron chi connectivity index (χ1n) is 9.42. The van der Waals surface area contributed by atoms with E-state index in [0.717, 1.165) is 11.1 Å². The van der Waals surface area contributed by atoms with Crippen LogP contribution in [0.25, 0.3) is 0 Å². The first-order valence-corrected chi connectivity index (χ1v) is 9.42. The Hall–Kier alpha value is -2.86. The molecule has 1 N–H and O–H groups in total. The predicted octanol–water partition coefficient (Wildman–Crippen LogP) is 2.56. The highest BCUT2D eigenvalue weighted by molar-refractivity contribution is 5.84. The highest BCUT2D eigenvalue weighted by atomic mass is 16.5. The van der Waals surface area contributed by atoms with E-state index in [2.05, 4.69) is 24.3 Å². The molecule has 0 bridgehead atoms. The van der Waals surface area contributed by atoms with Crippen LogP contribution in [0.4, 0.5) is 0 Å². The number of nitrogens with one attached hydrogen (secondary N) is 1. The van der Waals surface area contributed by atoms with Gasteiger partial charge in [0, 0.05) is 26.6 Å². The van der Waals surface area contributed by atoms with Gasteiger partial charge in [0.15, 0.2) is 0 Å². The molecular formula is C22H27N3O3. The molecular weight excluding hydrogens is 354 g/mol. The van der Waals surface area contributed by atoms with Gasteiger partial charge in [0.05, 0.1) is 12.6 Å². The highest BCUT2D eigenvalue weighted by Gasteiger charge is 2.38. The van der Waals surface area contributed by atoms with Crippen molar-refractivity contribution in [3.63, 3.8) is 0 Å². The van der Waals surface area contributed by atoms with Crippen LogP contribution in [0.3, 0.4) is 0 Å². The zero-order valence-electron chi connectivity index (χ0n) is 16.4. The van der Waals surface area contributed by atoms with E-state index in [9.17, 15) is 4.79 Å². The quantitative estimate of drug-likeness (QED) is 0.474. The van der Waals surface area contributed by atoms with E-state index in [1.54, 1.807) is 16.9 Å². The fourth-order valence-electron chi connectivity index (χ4n) is 3.63. The maximum Gasteiger partial charge on any atom is 0.285 e. The van der Waals surface area contributed by atoms with Crippen LogP contribution in [0.2, 0.25) is 0 Å². The highest BCUT2D eigenvalue weighted by Crippen LogP contribution is 2.33. The third-order valence-electron chi connectivity index (χ3n) is 5.08. The Kier molecular flexibility index (Phi) is 6.66. The van der Waals surface area contributed by atoms with E-state index in [-0.39, 0.29) is 37.0 Å². The van der Waals surface area contributed by atoms with E-state index >= 15 is 0 Å². The average Bonchev–Trinajstić information content (AvgIpc) is 2.72. The molecule has 2 aromatic carbocycles. The van der Waals surface area contributed by atoms with Crippen molar-refractivity contribution < 1.29 is 14.3 Å². The van der Waals surface area contributed by atoms with Gasteiger partial charge >= 0.3 is 0 Å². The molecule has 1 heterocycles. The molecule has 1 saturated heterocycles. The monoisotopic (exact) mass is 381 g/mol. The summed E-state index contributed by atoms with van der Waals surface area (Å²) in [4.78, 5) is 15.9. The molecule has 0 spiro atoms. The van der Waals surface area contributed by atoms with Crippen molar-refractivity contribution in [3.05, 3.63) is 71.8 Å². The van der Waals surface area contributed by atoms with Crippen LogP contribution in [0.15, 0.2) is 60.7 Å². The summed E-state index contributed by atoms with van der Waals surface area (Å²) >= 11 is 0. The largest absolute Gasteiger partial charge is 0.463 e. The minimum Gasteiger partial charge on any atom is -0.463 e. The number of carbonyl (C=O) groups is 1. The maximum absolute atomic E-state index is 12.4. The fraction of sp³-hybridized carbons (Fsp3) is 0.364. The number of hydrogen-bond acceptors (Lipinski definition) is 4. The molecule has 1 amide bonds. The van der Waals surface area contributed by atoms with Gasteiger partial charge in [-0.2, -0.15) is 0 Å². The molecule has 0 aliphatic carbocycles. The van der Waals surface area contributed by atoms with Crippen molar-refractivity contribution in [1.82, 2.24) is 9.80 Å². The Labute approximate surface area is 166 Å². The number of piperazine rings is 1. The SMILES string of the molecule is COCCOC(=N)N1CC(=O)N(C)C[C@@H]1C(c1ccccc1)c1ccccc1. The van der Waals surface area contributed by atoms with E-state index in [1.807, 2.05) is 43.4 Å². The third-order valence-corrected chi connectivity index (χ3v) is 5.08. The number of likely N-dealkylation sites (N-methyl/N-ethyl adjacent to an activating group) is 1. The minimum atomic E-state index is -0.109. The van der Waals surface area contributed by atoms with Crippen LogP contribution >= 0.6 is 0 Å². The molecule has 0 radical (unpaired) electrons. The minimum absolute atomic E-state index is 0.00400. The lowest BCUT2D eigenvalue weighted by molar-refractivity contribution is -0.135. The molecule has 28 heavy (non-hydrogen) atoms. The number of carbonyl (C=O) groups excluding carboxylic acids is 1. The molecule has 1 fully saturated rings. The van der Waals surface area contributed by atoms with Gasteiger partial charge in [0.2, 0.25) is 5.91 Å². The van der Waals surface area contributed by atoms with Gasteiger partial charge in [-0.05, 0) is 11.1 Å². The van der Waals surface area contributed by atoms with Crippen LogP contribution in [0.5, 0.6) is 0 Å². The van der Waals surface area contributed by atoms with Crippen LogP contribution in [-0.2, 0) is 14.3 Å².